The monoisotopic (exact) mass is 489 g/mol. The Morgan fingerprint density at radius 3 is 2.46 bits per heavy atom. The first-order valence-electron chi connectivity index (χ1n) is 11.4. The van der Waals surface area contributed by atoms with E-state index < -0.39 is 17.6 Å². The lowest BCUT2D eigenvalue weighted by atomic mass is 9.85. The second kappa shape index (κ2) is 10.1. The molecular formula is C25H27F4N5O. The minimum absolute atomic E-state index is 0.0752. The summed E-state index contributed by atoms with van der Waals surface area (Å²) in [6, 6.07) is 10.2. The van der Waals surface area contributed by atoms with Crippen molar-refractivity contribution >= 4 is 28.6 Å². The van der Waals surface area contributed by atoms with E-state index in [2.05, 4.69) is 20.6 Å². The van der Waals surface area contributed by atoms with Crippen LogP contribution in [0.25, 0.3) is 10.9 Å². The van der Waals surface area contributed by atoms with Crippen molar-refractivity contribution in [1.29, 1.82) is 0 Å². The van der Waals surface area contributed by atoms with E-state index in [4.69, 9.17) is 0 Å². The first kappa shape index (κ1) is 24.7. The number of aromatic nitrogens is 2. The first-order chi connectivity index (χ1) is 16.6. The molecule has 10 heteroatoms. The van der Waals surface area contributed by atoms with Crippen LogP contribution in [-0.2, 0) is 17.5 Å². The van der Waals surface area contributed by atoms with Gasteiger partial charge in [0.1, 0.15) is 11.6 Å². The van der Waals surface area contributed by atoms with E-state index in [1.165, 1.54) is 0 Å². The van der Waals surface area contributed by atoms with Crippen molar-refractivity contribution in [3.05, 3.63) is 59.4 Å². The van der Waals surface area contributed by atoms with E-state index in [9.17, 15) is 22.4 Å². The van der Waals surface area contributed by atoms with Crippen molar-refractivity contribution in [3.8, 4) is 0 Å². The summed E-state index contributed by atoms with van der Waals surface area (Å²) in [5.41, 5.74) is -0.152. The highest BCUT2D eigenvalue weighted by Crippen LogP contribution is 2.31. The van der Waals surface area contributed by atoms with Crippen molar-refractivity contribution in [1.82, 2.24) is 15.3 Å². The molecule has 2 aromatic carbocycles. The van der Waals surface area contributed by atoms with E-state index in [1.54, 1.807) is 0 Å². The van der Waals surface area contributed by atoms with Gasteiger partial charge >= 0.3 is 6.18 Å². The maximum Gasteiger partial charge on any atom is 0.416 e. The van der Waals surface area contributed by atoms with Crippen molar-refractivity contribution in [3.63, 3.8) is 0 Å². The van der Waals surface area contributed by atoms with Crippen LogP contribution >= 0.6 is 0 Å². The molecule has 6 nitrogen and oxygen atoms in total. The van der Waals surface area contributed by atoms with E-state index in [0.717, 1.165) is 41.7 Å². The van der Waals surface area contributed by atoms with E-state index in [0.29, 0.717) is 24.9 Å². The molecule has 0 unspecified atom stereocenters. The van der Waals surface area contributed by atoms with Crippen molar-refractivity contribution < 1.29 is 22.4 Å². The molecule has 2 N–H and O–H groups in total. The Hall–Kier alpha value is -3.43. The van der Waals surface area contributed by atoms with Crippen molar-refractivity contribution in [2.75, 3.05) is 24.3 Å². The molecule has 0 aliphatic heterocycles. The molecule has 0 spiro atoms. The van der Waals surface area contributed by atoms with Crippen molar-refractivity contribution in [2.45, 2.75) is 44.4 Å². The Kier molecular flexibility index (Phi) is 7.09. The van der Waals surface area contributed by atoms with E-state index in [-0.39, 0.29) is 30.0 Å². The van der Waals surface area contributed by atoms with Gasteiger partial charge in [-0.15, -0.1) is 0 Å². The summed E-state index contributed by atoms with van der Waals surface area (Å²) >= 11 is 0. The van der Waals surface area contributed by atoms with Crippen LogP contribution in [0.15, 0.2) is 42.5 Å². The molecule has 1 fully saturated rings. The van der Waals surface area contributed by atoms with Crippen LogP contribution in [0.1, 0.15) is 36.8 Å². The Bertz CT molecular complexity index is 1210. The smallest absolute Gasteiger partial charge is 0.362 e. The van der Waals surface area contributed by atoms with Gasteiger partial charge < -0.3 is 15.5 Å². The summed E-state index contributed by atoms with van der Waals surface area (Å²) in [7, 11) is 3.85. The standard InChI is InChI=1S/C25H27F4N5O/c1-34(2)22-20-5-3-4-6-21(20)32-24(33-22)31-19-9-7-16(8-10-19)23(35)30-14-15-11-17(25(27,28)29)13-18(26)12-15/h3-6,11-13,16,19H,7-10,14H2,1-2H3,(H,30,35)(H,31,32,33). The largest absolute Gasteiger partial charge is 0.416 e. The number of nitrogens with zero attached hydrogens (tertiary/aromatic N) is 3. The lowest BCUT2D eigenvalue weighted by molar-refractivity contribution is -0.137. The molecule has 1 aliphatic rings. The van der Waals surface area contributed by atoms with Gasteiger partial charge in [0.25, 0.3) is 0 Å². The molecule has 1 heterocycles. The number of carbonyl (C=O) groups excluding carboxylic acids is 1. The fourth-order valence-electron chi connectivity index (χ4n) is 4.40. The summed E-state index contributed by atoms with van der Waals surface area (Å²) in [5, 5.41) is 7.00. The lowest BCUT2D eigenvalue weighted by Crippen LogP contribution is -2.36. The maximum absolute atomic E-state index is 13.6. The Balaban J connectivity index is 1.33. The topological polar surface area (TPSA) is 70.2 Å². The summed E-state index contributed by atoms with van der Waals surface area (Å²) in [6.45, 7) is -0.157. The molecule has 1 amide bonds. The molecule has 186 valence electrons. The van der Waals surface area contributed by atoms with Gasteiger partial charge in [-0.25, -0.2) is 9.37 Å². The molecule has 3 aromatic rings. The predicted octanol–water partition coefficient (Wildman–Crippen LogP) is 5.14. The highest BCUT2D eigenvalue weighted by Gasteiger charge is 2.31. The molecule has 1 aromatic heterocycles. The van der Waals surface area contributed by atoms with Crippen LogP contribution in [0.5, 0.6) is 0 Å². The molecule has 0 saturated heterocycles. The van der Waals surface area contributed by atoms with Gasteiger partial charge in [-0.05, 0) is 61.6 Å². The zero-order valence-corrected chi connectivity index (χ0v) is 19.5. The predicted molar refractivity (Wildman–Crippen MR) is 126 cm³/mol. The number of halogens is 4. The molecule has 1 aliphatic carbocycles. The highest BCUT2D eigenvalue weighted by molar-refractivity contribution is 5.90. The number of benzene rings is 2. The normalized spacial score (nSPS) is 18.3. The molecule has 0 bridgehead atoms. The fourth-order valence-corrected chi connectivity index (χ4v) is 4.40. The van der Waals surface area contributed by atoms with Gasteiger partial charge in [0, 0.05) is 38.0 Å². The fraction of sp³-hybridized carbons (Fsp3) is 0.400. The third kappa shape index (κ3) is 5.98. The lowest BCUT2D eigenvalue weighted by Gasteiger charge is -2.28. The summed E-state index contributed by atoms with van der Waals surface area (Å²) in [6.07, 6.45) is -1.95. The van der Waals surface area contributed by atoms with Gasteiger partial charge in [0.05, 0.1) is 11.1 Å². The average Bonchev–Trinajstić information content (AvgIpc) is 2.81. The summed E-state index contributed by atoms with van der Waals surface area (Å²) < 4.78 is 52.3. The first-order valence-corrected chi connectivity index (χ1v) is 11.4. The number of fused-ring (bicyclic) bond motifs is 1. The number of anilines is 2. The molecular weight excluding hydrogens is 462 g/mol. The highest BCUT2D eigenvalue weighted by atomic mass is 19.4. The third-order valence-electron chi connectivity index (χ3n) is 6.19. The van der Waals surface area contributed by atoms with Gasteiger partial charge in [-0.1, -0.05) is 12.1 Å². The number of nitrogens with one attached hydrogen (secondary N) is 2. The van der Waals surface area contributed by atoms with E-state index >= 15 is 0 Å². The number of rotatable bonds is 6. The van der Waals surface area contributed by atoms with Crippen LogP contribution in [0.4, 0.5) is 29.3 Å². The number of hydrogen-bond acceptors (Lipinski definition) is 5. The summed E-state index contributed by atoms with van der Waals surface area (Å²) in [4.78, 5) is 23.8. The Labute approximate surface area is 200 Å². The third-order valence-corrected chi connectivity index (χ3v) is 6.19. The number of para-hydroxylation sites is 1. The average molecular weight is 490 g/mol. The molecule has 0 atom stereocenters. The zero-order chi connectivity index (χ0) is 25.2. The Morgan fingerprint density at radius 2 is 1.77 bits per heavy atom. The van der Waals surface area contributed by atoms with Gasteiger partial charge in [0.15, 0.2) is 0 Å². The maximum atomic E-state index is 13.6. The SMILES string of the molecule is CN(C)c1nc(NC2CCC(C(=O)NCc3cc(F)cc(C(F)(F)F)c3)CC2)nc2ccccc12. The van der Waals surface area contributed by atoms with Crippen LogP contribution in [0, 0.1) is 11.7 Å². The van der Waals surface area contributed by atoms with Gasteiger partial charge in [-0.2, -0.15) is 18.2 Å². The van der Waals surface area contributed by atoms with Crippen LogP contribution in [0.2, 0.25) is 0 Å². The van der Waals surface area contributed by atoms with Crippen LogP contribution in [-0.4, -0.2) is 36.0 Å². The second-order valence-electron chi connectivity index (χ2n) is 9.04. The number of hydrogen-bond donors (Lipinski definition) is 2. The molecule has 0 radical (unpaired) electrons. The molecule has 35 heavy (non-hydrogen) atoms. The minimum atomic E-state index is -4.64. The zero-order valence-electron chi connectivity index (χ0n) is 19.5. The van der Waals surface area contributed by atoms with E-state index in [1.807, 2.05) is 43.3 Å². The molecule has 1 saturated carbocycles. The van der Waals surface area contributed by atoms with Gasteiger partial charge in [0.2, 0.25) is 11.9 Å². The number of carbonyl (C=O) groups is 1. The Morgan fingerprint density at radius 1 is 1.06 bits per heavy atom. The van der Waals surface area contributed by atoms with Crippen LogP contribution in [0.3, 0.4) is 0 Å². The summed E-state index contributed by atoms with van der Waals surface area (Å²) in [5.74, 6) is -0.121. The van der Waals surface area contributed by atoms with Gasteiger partial charge in [-0.3, -0.25) is 4.79 Å². The van der Waals surface area contributed by atoms with Crippen LogP contribution < -0.4 is 15.5 Å². The minimum Gasteiger partial charge on any atom is -0.362 e. The number of alkyl halides is 3. The van der Waals surface area contributed by atoms with Crippen molar-refractivity contribution in [2.24, 2.45) is 5.92 Å². The number of amides is 1. The quantitative estimate of drug-likeness (QED) is 0.469. The molecule has 4 rings (SSSR count). The second-order valence-corrected chi connectivity index (χ2v) is 9.04.